The van der Waals surface area contributed by atoms with Crippen LogP contribution in [-0.4, -0.2) is 40.0 Å². The number of rotatable bonds is 3. The van der Waals surface area contributed by atoms with Gasteiger partial charge in [-0.3, -0.25) is 14.5 Å². The van der Waals surface area contributed by atoms with Crippen LogP contribution in [0.4, 0.5) is 4.79 Å². The van der Waals surface area contributed by atoms with Gasteiger partial charge in [0.2, 0.25) is 0 Å². The van der Waals surface area contributed by atoms with Gasteiger partial charge in [0, 0.05) is 0 Å². The summed E-state index contributed by atoms with van der Waals surface area (Å²) in [6.45, 7) is 1.14. The largest absolute Gasteiger partial charge is 0.480 e. The molecule has 0 spiro atoms. The Morgan fingerprint density at radius 1 is 1.47 bits per heavy atom. The first-order chi connectivity index (χ1) is 7.95. The van der Waals surface area contributed by atoms with Crippen LogP contribution in [0.25, 0.3) is 0 Å². The molecular formula is C11H16N2O4. The summed E-state index contributed by atoms with van der Waals surface area (Å²) < 4.78 is 0. The van der Waals surface area contributed by atoms with E-state index in [4.69, 9.17) is 5.11 Å². The molecule has 0 aromatic heterocycles. The van der Waals surface area contributed by atoms with E-state index < -0.39 is 30.0 Å². The van der Waals surface area contributed by atoms with Crippen molar-refractivity contribution in [3.63, 3.8) is 0 Å². The summed E-state index contributed by atoms with van der Waals surface area (Å²) in [6, 6.07) is -0.591. The highest BCUT2D eigenvalue weighted by molar-refractivity contribution is 6.08. The van der Waals surface area contributed by atoms with E-state index >= 15 is 0 Å². The molecule has 2 aliphatic rings. The lowest BCUT2D eigenvalue weighted by molar-refractivity contribution is -0.143. The standard InChI is InChI=1S/C11H16N2O4/c1-11(7-4-2-3-5-7)9(16)13(6-8(14)15)10(17)12-11/h7H,2-6H2,1H3,(H,12,17)(H,14,15). The average Bonchev–Trinajstić information content (AvgIpc) is 2.83. The number of carboxylic acids is 1. The summed E-state index contributed by atoms with van der Waals surface area (Å²) in [5, 5.41) is 11.3. The second-order valence-corrected chi connectivity index (χ2v) is 4.90. The second kappa shape index (κ2) is 4.01. The number of amides is 3. The minimum atomic E-state index is -1.18. The third-order valence-electron chi connectivity index (χ3n) is 3.77. The Kier molecular flexibility index (Phi) is 2.81. The van der Waals surface area contributed by atoms with Crippen molar-refractivity contribution in [3.8, 4) is 0 Å². The minimum absolute atomic E-state index is 0.123. The van der Waals surface area contributed by atoms with Crippen LogP contribution >= 0.6 is 0 Å². The molecule has 1 saturated heterocycles. The van der Waals surface area contributed by atoms with Crippen molar-refractivity contribution in [1.29, 1.82) is 0 Å². The Morgan fingerprint density at radius 3 is 2.59 bits per heavy atom. The van der Waals surface area contributed by atoms with E-state index in [0.29, 0.717) is 0 Å². The number of carbonyl (C=O) groups is 3. The molecule has 0 aromatic carbocycles. The van der Waals surface area contributed by atoms with E-state index in [1.165, 1.54) is 0 Å². The predicted octanol–water partition coefficient (Wildman–Crippen LogP) is 0.572. The molecule has 94 valence electrons. The van der Waals surface area contributed by atoms with Gasteiger partial charge in [0.05, 0.1) is 0 Å². The molecule has 1 aliphatic carbocycles. The van der Waals surface area contributed by atoms with Crippen molar-refractivity contribution in [1.82, 2.24) is 10.2 Å². The van der Waals surface area contributed by atoms with Crippen LogP contribution in [0.2, 0.25) is 0 Å². The molecule has 6 heteroatoms. The SMILES string of the molecule is CC1(C2CCCC2)NC(=O)N(CC(=O)O)C1=O. The molecule has 0 bridgehead atoms. The molecule has 1 atom stereocenters. The number of urea groups is 1. The lowest BCUT2D eigenvalue weighted by Crippen LogP contribution is -2.49. The first-order valence-corrected chi connectivity index (χ1v) is 5.81. The molecular weight excluding hydrogens is 224 g/mol. The van der Waals surface area contributed by atoms with Gasteiger partial charge in [-0.2, -0.15) is 0 Å². The zero-order valence-corrected chi connectivity index (χ0v) is 9.73. The molecule has 2 N–H and O–H groups in total. The fourth-order valence-electron chi connectivity index (χ4n) is 2.77. The molecule has 3 amide bonds. The number of hydrogen-bond donors (Lipinski definition) is 2. The zero-order chi connectivity index (χ0) is 12.6. The van der Waals surface area contributed by atoms with Gasteiger partial charge in [-0.05, 0) is 25.7 Å². The highest BCUT2D eigenvalue weighted by Crippen LogP contribution is 2.37. The maximum atomic E-state index is 12.1. The Hall–Kier alpha value is -1.59. The highest BCUT2D eigenvalue weighted by atomic mass is 16.4. The zero-order valence-electron chi connectivity index (χ0n) is 9.73. The van der Waals surface area contributed by atoms with Gasteiger partial charge in [0.1, 0.15) is 12.1 Å². The average molecular weight is 240 g/mol. The highest BCUT2D eigenvalue weighted by Gasteiger charge is 2.53. The Labute approximate surface area is 99.0 Å². The van der Waals surface area contributed by atoms with Crippen LogP contribution < -0.4 is 5.32 Å². The lowest BCUT2D eigenvalue weighted by atomic mass is 9.84. The van der Waals surface area contributed by atoms with Crippen LogP contribution in [0, 0.1) is 5.92 Å². The van der Waals surface area contributed by atoms with Gasteiger partial charge in [-0.1, -0.05) is 12.8 Å². The van der Waals surface area contributed by atoms with E-state index in [0.717, 1.165) is 30.6 Å². The lowest BCUT2D eigenvalue weighted by Gasteiger charge is -2.28. The number of carboxylic acid groups (broad SMARTS) is 1. The third kappa shape index (κ3) is 1.87. The maximum Gasteiger partial charge on any atom is 0.325 e. The van der Waals surface area contributed by atoms with E-state index in [1.807, 2.05) is 0 Å². The van der Waals surface area contributed by atoms with Crippen molar-refractivity contribution in [3.05, 3.63) is 0 Å². The number of aliphatic carboxylic acids is 1. The molecule has 1 heterocycles. The molecule has 1 saturated carbocycles. The quantitative estimate of drug-likeness (QED) is 0.706. The third-order valence-corrected chi connectivity index (χ3v) is 3.77. The van der Waals surface area contributed by atoms with Crippen molar-refractivity contribution in [2.24, 2.45) is 5.92 Å². The monoisotopic (exact) mass is 240 g/mol. The summed E-state index contributed by atoms with van der Waals surface area (Å²) in [5.41, 5.74) is -0.914. The second-order valence-electron chi connectivity index (χ2n) is 4.90. The predicted molar refractivity (Wildman–Crippen MR) is 58.2 cm³/mol. The number of carbonyl (C=O) groups excluding carboxylic acids is 2. The number of nitrogens with one attached hydrogen (secondary N) is 1. The molecule has 1 aliphatic heterocycles. The van der Waals surface area contributed by atoms with E-state index in [2.05, 4.69) is 5.32 Å². The van der Waals surface area contributed by atoms with Crippen LogP contribution in [0.5, 0.6) is 0 Å². The van der Waals surface area contributed by atoms with E-state index in [1.54, 1.807) is 6.92 Å². The summed E-state index contributed by atoms with van der Waals surface area (Å²) >= 11 is 0. The van der Waals surface area contributed by atoms with Crippen LogP contribution in [0.3, 0.4) is 0 Å². The van der Waals surface area contributed by atoms with Crippen LogP contribution in [0.15, 0.2) is 0 Å². The molecule has 0 radical (unpaired) electrons. The Bertz CT molecular complexity index is 376. The number of hydrogen-bond acceptors (Lipinski definition) is 3. The fourth-order valence-corrected chi connectivity index (χ4v) is 2.77. The summed E-state index contributed by atoms with van der Waals surface area (Å²) in [6.07, 6.45) is 3.93. The van der Waals surface area contributed by atoms with Gasteiger partial charge in [-0.25, -0.2) is 4.79 Å². The van der Waals surface area contributed by atoms with Gasteiger partial charge in [-0.15, -0.1) is 0 Å². The summed E-state index contributed by atoms with van der Waals surface area (Å²) in [7, 11) is 0. The van der Waals surface area contributed by atoms with Crippen molar-refractivity contribution >= 4 is 17.9 Å². The number of nitrogens with zero attached hydrogens (tertiary/aromatic N) is 1. The molecule has 2 rings (SSSR count). The first-order valence-electron chi connectivity index (χ1n) is 5.81. The van der Waals surface area contributed by atoms with Crippen molar-refractivity contribution in [2.45, 2.75) is 38.1 Å². The molecule has 17 heavy (non-hydrogen) atoms. The molecule has 2 fully saturated rings. The molecule has 1 unspecified atom stereocenters. The van der Waals surface area contributed by atoms with Crippen LogP contribution in [0.1, 0.15) is 32.6 Å². The first kappa shape index (κ1) is 11.9. The number of imide groups is 1. The van der Waals surface area contributed by atoms with Gasteiger partial charge in [0.25, 0.3) is 5.91 Å². The van der Waals surface area contributed by atoms with Crippen LogP contribution in [-0.2, 0) is 9.59 Å². The Morgan fingerprint density at radius 2 is 2.06 bits per heavy atom. The van der Waals surface area contributed by atoms with Crippen molar-refractivity contribution in [2.75, 3.05) is 6.54 Å². The fraction of sp³-hybridized carbons (Fsp3) is 0.727. The summed E-state index contributed by atoms with van der Waals surface area (Å²) in [4.78, 5) is 35.2. The normalized spacial score (nSPS) is 29.8. The van der Waals surface area contributed by atoms with Gasteiger partial charge in [0.15, 0.2) is 0 Å². The topological polar surface area (TPSA) is 86.7 Å². The minimum Gasteiger partial charge on any atom is -0.480 e. The maximum absolute atomic E-state index is 12.1. The molecule has 6 nitrogen and oxygen atoms in total. The Balaban J connectivity index is 2.18. The van der Waals surface area contributed by atoms with E-state index in [9.17, 15) is 14.4 Å². The molecule has 0 aromatic rings. The summed E-state index contributed by atoms with van der Waals surface area (Å²) in [5.74, 6) is -1.46. The van der Waals surface area contributed by atoms with Gasteiger partial charge >= 0.3 is 12.0 Å². The van der Waals surface area contributed by atoms with Crippen molar-refractivity contribution < 1.29 is 19.5 Å². The smallest absolute Gasteiger partial charge is 0.325 e. The van der Waals surface area contributed by atoms with E-state index in [-0.39, 0.29) is 5.92 Å². The van der Waals surface area contributed by atoms with Gasteiger partial charge < -0.3 is 10.4 Å².